The second-order valence-electron chi connectivity index (χ2n) is 3.69. The first kappa shape index (κ1) is 11.6. The minimum Gasteiger partial charge on any atom is -0.394 e. The largest absolute Gasteiger partial charge is 0.394 e. The van der Waals surface area contributed by atoms with Gasteiger partial charge in [0, 0.05) is 6.54 Å². The zero-order valence-corrected chi connectivity index (χ0v) is 9.00. The molecule has 0 aliphatic rings. The highest BCUT2D eigenvalue weighted by atomic mass is 16.3. The van der Waals surface area contributed by atoms with Gasteiger partial charge in [0.05, 0.1) is 19.0 Å². The predicted octanol–water partition coefficient (Wildman–Crippen LogP) is -1.55. The van der Waals surface area contributed by atoms with E-state index in [-0.39, 0.29) is 18.1 Å². The molecule has 0 spiro atoms. The van der Waals surface area contributed by atoms with Crippen LogP contribution in [0.2, 0.25) is 0 Å². The van der Waals surface area contributed by atoms with Crippen molar-refractivity contribution >= 4 is 17.1 Å². The molecule has 0 aromatic carbocycles. The molecule has 92 valence electrons. The Labute approximate surface area is 95.7 Å². The van der Waals surface area contributed by atoms with Gasteiger partial charge in [-0.3, -0.25) is 9.78 Å². The quantitative estimate of drug-likeness (QED) is 0.510. The van der Waals surface area contributed by atoms with Crippen molar-refractivity contribution in [1.82, 2.24) is 19.5 Å². The number of aromatic nitrogens is 4. The number of hydrogen-bond donors (Lipinski definition) is 4. The van der Waals surface area contributed by atoms with Crippen molar-refractivity contribution in [2.24, 2.45) is 0 Å². The first-order valence-corrected chi connectivity index (χ1v) is 5.11. The zero-order chi connectivity index (χ0) is 12.4. The molecule has 0 fully saturated rings. The lowest BCUT2D eigenvalue weighted by Gasteiger charge is -2.07. The standard InChI is InChI=1S/C9H13N5O3/c10-9-12-7-6(8(17)13-9)11-4-14(7)2-1-5(16)3-15/h4-5,15-16H,1-3H2,(H3,10,12,13,17). The number of rotatable bonds is 4. The number of aromatic amines is 1. The van der Waals surface area contributed by atoms with Crippen molar-refractivity contribution < 1.29 is 10.2 Å². The molecule has 5 N–H and O–H groups in total. The van der Waals surface area contributed by atoms with E-state index in [4.69, 9.17) is 10.8 Å². The summed E-state index contributed by atoms with van der Waals surface area (Å²) in [6, 6.07) is 0. The molecule has 1 atom stereocenters. The third kappa shape index (κ3) is 2.27. The van der Waals surface area contributed by atoms with Crippen molar-refractivity contribution in [3.05, 3.63) is 16.7 Å². The molecule has 0 saturated heterocycles. The molecule has 2 rings (SSSR count). The van der Waals surface area contributed by atoms with Gasteiger partial charge >= 0.3 is 0 Å². The van der Waals surface area contributed by atoms with Gasteiger partial charge in [-0.1, -0.05) is 0 Å². The molecular formula is C9H13N5O3. The molecule has 8 heteroatoms. The molecule has 0 amide bonds. The van der Waals surface area contributed by atoms with E-state index in [9.17, 15) is 9.90 Å². The van der Waals surface area contributed by atoms with Crippen LogP contribution in [0.1, 0.15) is 6.42 Å². The first-order valence-electron chi connectivity index (χ1n) is 5.11. The fraction of sp³-hybridized carbons (Fsp3) is 0.444. The van der Waals surface area contributed by atoms with E-state index >= 15 is 0 Å². The van der Waals surface area contributed by atoms with Crippen LogP contribution in [0.15, 0.2) is 11.1 Å². The minimum absolute atomic E-state index is 0.0203. The molecule has 0 radical (unpaired) electrons. The summed E-state index contributed by atoms with van der Waals surface area (Å²) in [4.78, 5) is 21.7. The van der Waals surface area contributed by atoms with E-state index in [1.165, 1.54) is 6.33 Å². The van der Waals surface area contributed by atoms with Crippen LogP contribution in [-0.4, -0.2) is 42.4 Å². The lowest BCUT2D eigenvalue weighted by Crippen LogP contribution is -2.16. The van der Waals surface area contributed by atoms with Crippen molar-refractivity contribution in [1.29, 1.82) is 0 Å². The van der Waals surface area contributed by atoms with Crippen LogP contribution >= 0.6 is 0 Å². The predicted molar refractivity (Wildman–Crippen MR) is 60.3 cm³/mol. The fourth-order valence-corrected chi connectivity index (χ4v) is 1.51. The number of imidazole rings is 1. The molecule has 0 aliphatic carbocycles. The fourth-order valence-electron chi connectivity index (χ4n) is 1.51. The number of hydrogen-bond acceptors (Lipinski definition) is 6. The summed E-state index contributed by atoms with van der Waals surface area (Å²) >= 11 is 0. The number of fused-ring (bicyclic) bond motifs is 1. The van der Waals surface area contributed by atoms with Crippen LogP contribution in [0, 0.1) is 0 Å². The molecule has 2 heterocycles. The van der Waals surface area contributed by atoms with Crippen molar-refractivity contribution in [3.63, 3.8) is 0 Å². The number of aliphatic hydroxyl groups excluding tert-OH is 2. The molecule has 8 nitrogen and oxygen atoms in total. The minimum atomic E-state index is -0.799. The molecule has 2 aromatic rings. The van der Waals surface area contributed by atoms with Crippen molar-refractivity contribution in [2.45, 2.75) is 19.1 Å². The summed E-state index contributed by atoms with van der Waals surface area (Å²) < 4.78 is 1.61. The van der Waals surface area contributed by atoms with E-state index in [1.54, 1.807) is 4.57 Å². The van der Waals surface area contributed by atoms with Gasteiger partial charge in [-0.05, 0) is 6.42 Å². The maximum atomic E-state index is 11.5. The maximum absolute atomic E-state index is 11.5. The summed E-state index contributed by atoms with van der Waals surface area (Å²) in [5, 5.41) is 17.9. The van der Waals surface area contributed by atoms with Crippen molar-refractivity contribution in [3.8, 4) is 0 Å². The van der Waals surface area contributed by atoms with Gasteiger partial charge < -0.3 is 20.5 Å². The Morgan fingerprint density at radius 2 is 2.35 bits per heavy atom. The number of H-pyrrole nitrogens is 1. The van der Waals surface area contributed by atoms with Crippen LogP contribution in [0.3, 0.4) is 0 Å². The lowest BCUT2D eigenvalue weighted by molar-refractivity contribution is 0.0848. The lowest BCUT2D eigenvalue weighted by atomic mass is 10.3. The van der Waals surface area contributed by atoms with Gasteiger partial charge in [0.2, 0.25) is 5.95 Å². The molecular weight excluding hydrogens is 226 g/mol. The molecule has 0 saturated carbocycles. The third-order valence-corrected chi connectivity index (χ3v) is 2.41. The van der Waals surface area contributed by atoms with Gasteiger partial charge in [0.1, 0.15) is 0 Å². The van der Waals surface area contributed by atoms with E-state index < -0.39 is 11.7 Å². The second kappa shape index (κ2) is 4.52. The van der Waals surface area contributed by atoms with Gasteiger partial charge in [0.25, 0.3) is 5.56 Å². The Kier molecular flexibility index (Phi) is 3.07. The van der Waals surface area contributed by atoms with Crippen LogP contribution in [0.5, 0.6) is 0 Å². The summed E-state index contributed by atoms with van der Waals surface area (Å²) in [6.07, 6.45) is 0.999. The molecule has 1 unspecified atom stereocenters. The van der Waals surface area contributed by atoms with Crippen molar-refractivity contribution in [2.75, 3.05) is 12.3 Å². The third-order valence-electron chi connectivity index (χ3n) is 2.41. The van der Waals surface area contributed by atoms with Crippen LogP contribution in [0.25, 0.3) is 11.2 Å². The van der Waals surface area contributed by atoms with E-state index in [2.05, 4.69) is 15.0 Å². The number of nitrogen functional groups attached to an aromatic ring is 1. The Morgan fingerprint density at radius 3 is 3.06 bits per heavy atom. The first-order chi connectivity index (χ1) is 8.11. The van der Waals surface area contributed by atoms with Crippen LogP contribution in [0.4, 0.5) is 5.95 Å². The Bertz CT molecular complexity index is 576. The normalized spacial score (nSPS) is 13.1. The molecule has 17 heavy (non-hydrogen) atoms. The van der Waals surface area contributed by atoms with E-state index in [1.807, 2.05) is 0 Å². The van der Waals surface area contributed by atoms with Gasteiger partial charge in [-0.2, -0.15) is 4.98 Å². The van der Waals surface area contributed by atoms with Crippen LogP contribution < -0.4 is 11.3 Å². The summed E-state index contributed by atoms with van der Waals surface area (Å²) in [5.41, 5.74) is 5.62. The van der Waals surface area contributed by atoms with Gasteiger partial charge in [-0.25, -0.2) is 4.98 Å². The highest BCUT2D eigenvalue weighted by molar-refractivity contribution is 5.70. The zero-order valence-electron chi connectivity index (χ0n) is 9.00. The second-order valence-corrected chi connectivity index (χ2v) is 3.69. The Morgan fingerprint density at radius 1 is 1.59 bits per heavy atom. The van der Waals surface area contributed by atoms with Crippen LogP contribution in [-0.2, 0) is 6.54 Å². The smallest absolute Gasteiger partial charge is 0.280 e. The summed E-state index contributed by atoms with van der Waals surface area (Å²) in [5.74, 6) is 0.0203. The number of aryl methyl sites for hydroxylation is 1. The Hall–Kier alpha value is -1.93. The molecule has 2 aromatic heterocycles. The topological polar surface area (TPSA) is 130 Å². The SMILES string of the molecule is Nc1nc2c(ncn2CCC(O)CO)c(=O)[nH]1. The number of anilines is 1. The van der Waals surface area contributed by atoms with Gasteiger partial charge in [0.15, 0.2) is 11.2 Å². The highest BCUT2D eigenvalue weighted by Gasteiger charge is 2.10. The average Bonchev–Trinajstić information content (AvgIpc) is 2.69. The monoisotopic (exact) mass is 239 g/mol. The molecule has 0 bridgehead atoms. The average molecular weight is 239 g/mol. The summed E-state index contributed by atoms with van der Waals surface area (Å²) in [6.45, 7) is 0.0941. The molecule has 0 aliphatic heterocycles. The highest BCUT2D eigenvalue weighted by Crippen LogP contribution is 2.07. The van der Waals surface area contributed by atoms with E-state index in [0.29, 0.717) is 18.6 Å². The maximum Gasteiger partial charge on any atom is 0.280 e. The number of nitrogens with two attached hydrogens (primary N) is 1. The number of nitrogens with zero attached hydrogens (tertiary/aromatic N) is 3. The van der Waals surface area contributed by atoms with E-state index in [0.717, 1.165) is 0 Å². The number of nitrogens with one attached hydrogen (secondary N) is 1. The Balaban J connectivity index is 2.33. The summed E-state index contributed by atoms with van der Waals surface area (Å²) in [7, 11) is 0. The van der Waals surface area contributed by atoms with Gasteiger partial charge in [-0.15, -0.1) is 0 Å². The number of aliphatic hydroxyl groups is 2.